The van der Waals surface area contributed by atoms with Gasteiger partial charge in [-0.25, -0.2) is 9.37 Å². The van der Waals surface area contributed by atoms with Gasteiger partial charge >= 0.3 is 0 Å². The fourth-order valence-electron chi connectivity index (χ4n) is 3.05. The quantitative estimate of drug-likeness (QED) is 0.832. The number of carbonyl (C=O) groups is 1. The lowest BCUT2D eigenvalue weighted by Crippen LogP contribution is -2.36. The number of thioether (sulfide) groups is 1. The lowest BCUT2D eigenvalue weighted by molar-refractivity contribution is -0.116. The molecule has 1 amide bonds. The minimum absolute atomic E-state index is 0.0290. The number of nitrogens with one attached hydrogen (secondary N) is 2. The summed E-state index contributed by atoms with van der Waals surface area (Å²) >= 11 is 1.48. The first kappa shape index (κ1) is 18.0. The van der Waals surface area contributed by atoms with E-state index in [4.69, 9.17) is 0 Å². The summed E-state index contributed by atoms with van der Waals surface area (Å²) in [7, 11) is 1.85. The zero-order valence-electron chi connectivity index (χ0n) is 14.4. The molecule has 2 aliphatic heterocycles. The van der Waals surface area contributed by atoms with Crippen LogP contribution in [0.2, 0.25) is 0 Å². The molecule has 0 radical (unpaired) electrons. The molecule has 0 saturated carbocycles. The van der Waals surface area contributed by atoms with Crippen molar-refractivity contribution < 1.29 is 9.18 Å². The Bertz CT molecular complexity index is 636. The van der Waals surface area contributed by atoms with E-state index in [9.17, 15) is 9.18 Å². The van der Waals surface area contributed by atoms with E-state index in [2.05, 4.69) is 20.6 Å². The Morgan fingerprint density at radius 3 is 3.00 bits per heavy atom. The highest BCUT2D eigenvalue weighted by atomic mass is 32.2. The lowest BCUT2D eigenvalue weighted by atomic mass is 10.1. The van der Waals surface area contributed by atoms with Crippen molar-refractivity contribution in [2.75, 3.05) is 31.6 Å². The number of allylic oxidation sites excluding steroid dienone is 1. The first-order chi connectivity index (χ1) is 12.2. The van der Waals surface area contributed by atoms with E-state index in [1.54, 1.807) is 12.4 Å². The highest BCUT2D eigenvalue weighted by molar-refractivity contribution is 8.03. The third-order valence-corrected chi connectivity index (χ3v) is 5.58. The van der Waals surface area contributed by atoms with Gasteiger partial charge in [-0.05, 0) is 25.7 Å². The van der Waals surface area contributed by atoms with E-state index in [-0.39, 0.29) is 5.91 Å². The van der Waals surface area contributed by atoms with Gasteiger partial charge in [0.05, 0.1) is 29.5 Å². The Hall–Kier alpha value is -1.83. The predicted octanol–water partition coefficient (Wildman–Crippen LogP) is 1.99. The first-order valence-corrected chi connectivity index (χ1v) is 9.67. The van der Waals surface area contributed by atoms with Crippen molar-refractivity contribution in [2.45, 2.75) is 37.6 Å². The van der Waals surface area contributed by atoms with Gasteiger partial charge in [-0.2, -0.15) is 0 Å². The van der Waals surface area contributed by atoms with Crippen molar-refractivity contribution in [3.63, 3.8) is 0 Å². The highest BCUT2D eigenvalue weighted by Gasteiger charge is 2.21. The molecule has 1 unspecified atom stereocenters. The number of carbonyl (C=O) groups excluding carboxylic acids is 1. The molecule has 25 heavy (non-hydrogen) atoms. The maximum absolute atomic E-state index is 13.5. The molecule has 1 fully saturated rings. The number of alkyl halides is 1. The molecule has 0 bridgehead atoms. The van der Waals surface area contributed by atoms with E-state index in [0.717, 1.165) is 47.9 Å². The summed E-state index contributed by atoms with van der Waals surface area (Å²) in [5, 5.41) is 6.05. The topological polar surface area (TPSA) is 70.2 Å². The molecule has 1 saturated heterocycles. The van der Waals surface area contributed by atoms with Crippen LogP contribution in [0.4, 0.5) is 10.2 Å². The number of amides is 1. The minimum Gasteiger partial charge on any atom is -0.390 e. The van der Waals surface area contributed by atoms with Crippen LogP contribution in [0.25, 0.3) is 0 Å². The molecular weight excluding hydrogens is 341 g/mol. The SMILES string of the molecule is CNC1=C(SCc2cnc(N3CCCC(F)C3)cn2)C(=O)NCCC1. The van der Waals surface area contributed by atoms with Crippen LogP contribution >= 0.6 is 11.8 Å². The second kappa shape index (κ2) is 8.51. The molecular formula is C17H24FN5OS. The molecule has 0 aliphatic carbocycles. The summed E-state index contributed by atoms with van der Waals surface area (Å²) in [6.07, 6.45) is 5.91. The second-order valence-electron chi connectivity index (χ2n) is 6.26. The van der Waals surface area contributed by atoms with Crippen molar-refractivity contribution in [1.29, 1.82) is 0 Å². The summed E-state index contributed by atoms with van der Waals surface area (Å²) in [4.78, 5) is 23.7. The van der Waals surface area contributed by atoms with Gasteiger partial charge in [0, 0.05) is 31.6 Å². The highest BCUT2D eigenvalue weighted by Crippen LogP contribution is 2.27. The third kappa shape index (κ3) is 4.62. The maximum Gasteiger partial charge on any atom is 0.259 e. The molecule has 2 aliphatic rings. The average Bonchev–Trinajstić information content (AvgIpc) is 2.81. The van der Waals surface area contributed by atoms with Gasteiger partial charge in [-0.15, -0.1) is 11.8 Å². The largest absolute Gasteiger partial charge is 0.390 e. The predicted molar refractivity (Wildman–Crippen MR) is 98.0 cm³/mol. The summed E-state index contributed by atoms with van der Waals surface area (Å²) in [5.41, 5.74) is 1.79. The van der Waals surface area contributed by atoms with Gasteiger partial charge in [0.25, 0.3) is 5.91 Å². The van der Waals surface area contributed by atoms with Crippen molar-refractivity contribution in [3.8, 4) is 0 Å². The van der Waals surface area contributed by atoms with Crippen LogP contribution in [0.15, 0.2) is 23.0 Å². The monoisotopic (exact) mass is 365 g/mol. The number of nitrogens with zero attached hydrogens (tertiary/aromatic N) is 3. The van der Waals surface area contributed by atoms with E-state index in [0.29, 0.717) is 25.3 Å². The lowest BCUT2D eigenvalue weighted by Gasteiger charge is -2.29. The van der Waals surface area contributed by atoms with Gasteiger partial charge in [0.1, 0.15) is 12.0 Å². The third-order valence-electron chi connectivity index (χ3n) is 4.42. The number of aromatic nitrogens is 2. The van der Waals surface area contributed by atoms with Crippen LogP contribution in [0.1, 0.15) is 31.4 Å². The Balaban J connectivity index is 1.63. The van der Waals surface area contributed by atoms with Crippen molar-refractivity contribution in [3.05, 3.63) is 28.7 Å². The Morgan fingerprint density at radius 2 is 2.28 bits per heavy atom. The molecule has 6 nitrogen and oxygen atoms in total. The van der Waals surface area contributed by atoms with Gasteiger partial charge in [-0.3, -0.25) is 9.78 Å². The van der Waals surface area contributed by atoms with Crippen LogP contribution in [-0.4, -0.2) is 48.7 Å². The van der Waals surface area contributed by atoms with Gasteiger partial charge in [0.15, 0.2) is 0 Å². The summed E-state index contributed by atoms with van der Waals surface area (Å²) in [5.74, 6) is 1.27. The van der Waals surface area contributed by atoms with Gasteiger partial charge in [-0.1, -0.05) is 0 Å². The first-order valence-electron chi connectivity index (χ1n) is 8.69. The maximum atomic E-state index is 13.5. The number of hydrogen-bond acceptors (Lipinski definition) is 6. The molecule has 1 aromatic rings. The normalized spacial score (nSPS) is 21.8. The smallest absolute Gasteiger partial charge is 0.259 e. The average molecular weight is 365 g/mol. The number of piperidine rings is 1. The van der Waals surface area contributed by atoms with Crippen LogP contribution < -0.4 is 15.5 Å². The van der Waals surface area contributed by atoms with Crippen LogP contribution in [-0.2, 0) is 10.5 Å². The molecule has 1 aromatic heterocycles. The molecule has 136 valence electrons. The molecule has 3 rings (SSSR count). The molecule has 2 N–H and O–H groups in total. The number of hydrogen-bond donors (Lipinski definition) is 2. The molecule has 3 heterocycles. The van der Waals surface area contributed by atoms with Gasteiger partial charge in [0.2, 0.25) is 0 Å². The van der Waals surface area contributed by atoms with E-state index >= 15 is 0 Å². The van der Waals surface area contributed by atoms with Gasteiger partial charge < -0.3 is 15.5 Å². The summed E-state index contributed by atoms with van der Waals surface area (Å²) < 4.78 is 13.5. The van der Waals surface area contributed by atoms with E-state index in [1.807, 2.05) is 11.9 Å². The zero-order valence-corrected chi connectivity index (χ0v) is 15.2. The van der Waals surface area contributed by atoms with Crippen molar-refractivity contribution >= 4 is 23.5 Å². The van der Waals surface area contributed by atoms with Crippen LogP contribution in [0.3, 0.4) is 0 Å². The standard InChI is InChI=1S/C17H24FN5OS/c1-19-14-5-2-6-20-17(24)16(14)25-11-13-8-22-15(9-21-13)23-7-3-4-12(18)10-23/h8-9,12,19H,2-7,10-11H2,1H3,(H,20,24). The fraction of sp³-hybridized carbons (Fsp3) is 0.588. The summed E-state index contributed by atoms with van der Waals surface area (Å²) in [6.45, 7) is 1.91. The molecule has 0 aromatic carbocycles. The second-order valence-corrected chi connectivity index (χ2v) is 7.24. The molecule has 1 atom stereocenters. The Labute approximate surface area is 151 Å². The number of rotatable bonds is 5. The van der Waals surface area contributed by atoms with E-state index < -0.39 is 6.17 Å². The zero-order chi connectivity index (χ0) is 17.6. The Morgan fingerprint density at radius 1 is 1.40 bits per heavy atom. The number of halogens is 1. The minimum atomic E-state index is -0.786. The van der Waals surface area contributed by atoms with Crippen LogP contribution in [0.5, 0.6) is 0 Å². The Kier molecular flexibility index (Phi) is 6.12. The van der Waals surface area contributed by atoms with Crippen LogP contribution in [0, 0.1) is 0 Å². The van der Waals surface area contributed by atoms with E-state index in [1.165, 1.54) is 11.8 Å². The molecule has 0 spiro atoms. The fourth-order valence-corrected chi connectivity index (χ4v) is 4.08. The van der Waals surface area contributed by atoms with Crippen molar-refractivity contribution in [2.24, 2.45) is 0 Å². The summed E-state index contributed by atoms with van der Waals surface area (Å²) in [6, 6.07) is 0. The van der Waals surface area contributed by atoms with Crippen molar-refractivity contribution in [1.82, 2.24) is 20.6 Å². The molecule has 8 heteroatoms. The number of anilines is 1.